The van der Waals surface area contributed by atoms with Crippen LogP contribution in [-0.4, -0.2) is 9.97 Å². The molecule has 0 fully saturated rings. The van der Waals surface area contributed by atoms with Gasteiger partial charge in [0.2, 0.25) is 0 Å². The second-order valence-corrected chi connectivity index (χ2v) is 5.25. The SMILES string of the molecule is Cc1nc(-c2ccc(Br)cc2C(F)(F)F)nc(N)c1C. The molecule has 2 N–H and O–H groups in total. The number of aromatic nitrogens is 2. The predicted molar refractivity (Wildman–Crippen MR) is 74.1 cm³/mol. The lowest BCUT2D eigenvalue weighted by Gasteiger charge is -2.14. The summed E-state index contributed by atoms with van der Waals surface area (Å²) in [7, 11) is 0. The molecule has 0 amide bonds. The van der Waals surface area contributed by atoms with E-state index in [4.69, 9.17) is 5.73 Å². The second-order valence-electron chi connectivity index (χ2n) is 4.33. The van der Waals surface area contributed by atoms with Gasteiger partial charge in [-0.2, -0.15) is 13.2 Å². The van der Waals surface area contributed by atoms with Crippen LogP contribution in [0, 0.1) is 13.8 Å². The molecule has 3 nitrogen and oxygen atoms in total. The van der Waals surface area contributed by atoms with Crippen LogP contribution in [0.3, 0.4) is 0 Å². The number of halogens is 4. The van der Waals surface area contributed by atoms with E-state index in [2.05, 4.69) is 25.9 Å². The van der Waals surface area contributed by atoms with Crippen molar-refractivity contribution in [2.75, 3.05) is 5.73 Å². The number of aryl methyl sites for hydroxylation is 1. The van der Waals surface area contributed by atoms with Gasteiger partial charge in [0.15, 0.2) is 5.82 Å². The molecule has 0 atom stereocenters. The topological polar surface area (TPSA) is 51.8 Å². The highest BCUT2D eigenvalue weighted by molar-refractivity contribution is 9.10. The van der Waals surface area contributed by atoms with Gasteiger partial charge in [0.05, 0.1) is 5.56 Å². The smallest absolute Gasteiger partial charge is 0.383 e. The van der Waals surface area contributed by atoms with Crippen molar-refractivity contribution < 1.29 is 13.2 Å². The van der Waals surface area contributed by atoms with Gasteiger partial charge in [0.1, 0.15) is 5.82 Å². The first kappa shape index (κ1) is 14.8. The van der Waals surface area contributed by atoms with E-state index in [1.54, 1.807) is 13.8 Å². The van der Waals surface area contributed by atoms with Crippen molar-refractivity contribution in [3.8, 4) is 11.4 Å². The van der Waals surface area contributed by atoms with Gasteiger partial charge in [0, 0.05) is 21.3 Å². The average Bonchev–Trinajstić information content (AvgIpc) is 2.34. The molecule has 1 aromatic carbocycles. The Morgan fingerprint density at radius 3 is 2.35 bits per heavy atom. The molecule has 0 aliphatic rings. The zero-order valence-corrected chi connectivity index (χ0v) is 12.3. The van der Waals surface area contributed by atoms with Crippen molar-refractivity contribution in [1.82, 2.24) is 9.97 Å². The van der Waals surface area contributed by atoms with Gasteiger partial charge in [-0.25, -0.2) is 9.97 Å². The Balaban J connectivity index is 2.70. The van der Waals surface area contributed by atoms with Crippen LogP contribution in [0.2, 0.25) is 0 Å². The fraction of sp³-hybridized carbons (Fsp3) is 0.231. The molecule has 20 heavy (non-hydrogen) atoms. The Morgan fingerprint density at radius 2 is 1.80 bits per heavy atom. The minimum absolute atomic E-state index is 0.0228. The molecule has 0 saturated carbocycles. The molecule has 0 unspecified atom stereocenters. The molecule has 0 radical (unpaired) electrons. The van der Waals surface area contributed by atoms with Crippen molar-refractivity contribution >= 4 is 21.7 Å². The van der Waals surface area contributed by atoms with E-state index in [-0.39, 0.29) is 17.2 Å². The highest BCUT2D eigenvalue weighted by Gasteiger charge is 2.34. The largest absolute Gasteiger partial charge is 0.417 e. The van der Waals surface area contributed by atoms with Crippen LogP contribution >= 0.6 is 15.9 Å². The number of rotatable bonds is 1. The van der Waals surface area contributed by atoms with Gasteiger partial charge in [-0.15, -0.1) is 0 Å². The molecule has 0 aliphatic heterocycles. The molecule has 1 heterocycles. The maximum absolute atomic E-state index is 13.1. The third kappa shape index (κ3) is 2.77. The predicted octanol–water partition coefficient (Wildman–Crippen LogP) is 4.12. The number of nitrogens with two attached hydrogens (primary N) is 1. The van der Waals surface area contributed by atoms with Crippen LogP contribution in [0.15, 0.2) is 22.7 Å². The summed E-state index contributed by atoms with van der Waals surface area (Å²) in [6, 6.07) is 3.85. The Hall–Kier alpha value is -1.63. The van der Waals surface area contributed by atoms with E-state index < -0.39 is 11.7 Å². The lowest BCUT2D eigenvalue weighted by atomic mass is 10.1. The van der Waals surface area contributed by atoms with Gasteiger partial charge in [-0.3, -0.25) is 0 Å². The van der Waals surface area contributed by atoms with E-state index in [1.165, 1.54) is 12.1 Å². The summed E-state index contributed by atoms with van der Waals surface area (Å²) in [6.07, 6.45) is -4.49. The number of hydrogen-bond donors (Lipinski definition) is 1. The molecule has 2 aromatic rings. The number of hydrogen-bond acceptors (Lipinski definition) is 3. The lowest BCUT2D eigenvalue weighted by molar-refractivity contribution is -0.137. The van der Waals surface area contributed by atoms with Crippen LogP contribution in [0.1, 0.15) is 16.8 Å². The van der Waals surface area contributed by atoms with Crippen molar-refractivity contribution in [2.45, 2.75) is 20.0 Å². The maximum atomic E-state index is 13.1. The van der Waals surface area contributed by atoms with Crippen LogP contribution < -0.4 is 5.73 Å². The highest BCUT2D eigenvalue weighted by Crippen LogP contribution is 2.37. The normalized spacial score (nSPS) is 11.7. The van der Waals surface area contributed by atoms with E-state index in [0.29, 0.717) is 15.7 Å². The number of alkyl halides is 3. The van der Waals surface area contributed by atoms with Gasteiger partial charge in [0.25, 0.3) is 0 Å². The number of anilines is 1. The van der Waals surface area contributed by atoms with E-state index >= 15 is 0 Å². The van der Waals surface area contributed by atoms with E-state index in [1.807, 2.05) is 0 Å². The quantitative estimate of drug-likeness (QED) is 0.845. The molecule has 2 rings (SSSR count). The van der Waals surface area contributed by atoms with Crippen molar-refractivity contribution in [3.63, 3.8) is 0 Å². The summed E-state index contributed by atoms with van der Waals surface area (Å²) in [4.78, 5) is 8.06. The van der Waals surface area contributed by atoms with E-state index in [9.17, 15) is 13.2 Å². The Labute approximate surface area is 122 Å². The summed E-state index contributed by atoms with van der Waals surface area (Å²) in [5.74, 6) is 0.161. The average molecular weight is 346 g/mol. The van der Waals surface area contributed by atoms with E-state index in [0.717, 1.165) is 6.07 Å². The molecule has 7 heteroatoms. The van der Waals surface area contributed by atoms with Gasteiger partial charge in [-0.05, 0) is 32.0 Å². The summed E-state index contributed by atoms with van der Waals surface area (Å²) in [6.45, 7) is 3.41. The fourth-order valence-electron chi connectivity index (χ4n) is 1.72. The zero-order valence-electron chi connectivity index (χ0n) is 10.7. The zero-order chi connectivity index (χ0) is 15.1. The van der Waals surface area contributed by atoms with Crippen LogP contribution in [0.4, 0.5) is 19.0 Å². The lowest BCUT2D eigenvalue weighted by Crippen LogP contribution is -2.10. The first-order valence-electron chi connectivity index (χ1n) is 5.68. The first-order valence-corrected chi connectivity index (χ1v) is 6.47. The Kier molecular flexibility index (Phi) is 3.73. The first-order chi connectivity index (χ1) is 9.20. The molecular weight excluding hydrogens is 335 g/mol. The third-order valence-electron chi connectivity index (χ3n) is 2.95. The fourth-order valence-corrected chi connectivity index (χ4v) is 2.08. The molecule has 0 aliphatic carbocycles. The van der Waals surface area contributed by atoms with Crippen molar-refractivity contribution in [1.29, 1.82) is 0 Å². The van der Waals surface area contributed by atoms with Crippen LogP contribution in [0.5, 0.6) is 0 Å². The Bertz CT molecular complexity index is 645. The summed E-state index contributed by atoms with van der Waals surface area (Å²) in [5, 5.41) is 0. The van der Waals surface area contributed by atoms with Crippen LogP contribution in [-0.2, 0) is 6.18 Å². The highest BCUT2D eigenvalue weighted by atomic mass is 79.9. The van der Waals surface area contributed by atoms with Crippen LogP contribution in [0.25, 0.3) is 11.4 Å². The van der Waals surface area contributed by atoms with Gasteiger partial charge in [-0.1, -0.05) is 15.9 Å². The molecule has 106 valence electrons. The minimum atomic E-state index is -4.49. The molecule has 0 saturated heterocycles. The molecule has 0 spiro atoms. The summed E-state index contributed by atoms with van der Waals surface area (Å²) in [5.41, 5.74) is 6.05. The Morgan fingerprint density at radius 1 is 1.15 bits per heavy atom. The summed E-state index contributed by atoms with van der Waals surface area (Å²) >= 11 is 3.04. The molecule has 1 aromatic heterocycles. The molecular formula is C13H11BrF3N3. The number of nitrogen functional groups attached to an aromatic ring is 1. The number of benzene rings is 1. The second kappa shape index (κ2) is 5.05. The minimum Gasteiger partial charge on any atom is -0.383 e. The number of nitrogens with zero attached hydrogens (tertiary/aromatic N) is 2. The maximum Gasteiger partial charge on any atom is 0.417 e. The standard InChI is InChI=1S/C13H11BrF3N3/c1-6-7(2)19-12(20-11(6)18)9-4-3-8(14)5-10(9)13(15,16)17/h3-5H,1-2H3,(H2,18,19,20). The monoisotopic (exact) mass is 345 g/mol. The molecule has 0 bridgehead atoms. The third-order valence-corrected chi connectivity index (χ3v) is 3.45. The van der Waals surface area contributed by atoms with Gasteiger partial charge >= 0.3 is 6.18 Å². The van der Waals surface area contributed by atoms with Crippen molar-refractivity contribution in [3.05, 3.63) is 39.5 Å². The van der Waals surface area contributed by atoms with Gasteiger partial charge < -0.3 is 5.73 Å². The van der Waals surface area contributed by atoms with Crippen molar-refractivity contribution in [2.24, 2.45) is 0 Å². The summed E-state index contributed by atoms with van der Waals surface area (Å²) < 4.78 is 39.6.